The Labute approximate surface area is 59.8 Å². The quantitative estimate of drug-likeness (QED) is 0.520. The van der Waals surface area contributed by atoms with Crippen molar-refractivity contribution in [2.24, 2.45) is 4.99 Å². The maximum absolute atomic E-state index is 6.53. The Balaban J connectivity index is 2.19. The van der Waals surface area contributed by atoms with Crippen molar-refractivity contribution in [1.29, 1.82) is 5.41 Å². The van der Waals surface area contributed by atoms with E-state index in [1.807, 2.05) is 6.01 Å². The first-order chi connectivity index (χ1) is 4.93. The van der Waals surface area contributed by atoms with Gasteiger partial charge in [0.05, 0.1) is 25.3 Å². The smallest absolute Gasteiger partial charge is 0.0903 e. The largest absolute Gasteiger partial charge is 0.374 e. The summed E-state index contributed by atoms with van der Waals surface area (Å²) in [5.74, 6) is 0. The Bertz CT molecular complexity index is 136. The maximum Gasteiger partial charge on any atom is 0.0903 e. The van der Waals surface area contributed by atoms with Gasteiger partial charge in [0.2, 0.25) is 0 Å². The number of nitrogens with zero attached hydrogens (tertiary/aromatic N) is 1. The number of hydrogen-bond acceptors (Lipinski definition) is 4. The second-order valence-electron chi connectivity index (χ2n) is 2.15. The number of rotatable bonds is 2. The fraction of sp³-hybridized carbons (Fsp3) is 0.833. The number of hydrogen-bond donors (Lipinski definition) is 2. The molecular formula is C6H11N3O. The van der Waals surface area contributed by atoms with Gasteiger partial charge in [-0.1, -0.05) is 0 Å². The summed E-state index contributed by atoms with van der Waals surface area (Å²) in [5, 5.41) is 9.70. The Morgan fingerprint density at radius 1 is 1.80 bits per heavy atom. The molecule has 0 aliphatic carbocycles. The van der Waals surface area contributed by atoms with Gasteiger partial charge in [-0.25, -0.2) is 10.4 Å². The third kappa shape index (κ3) is 2.27. The highest BCUT2D eigenvalue weighted by Gasteiger charge is 2.11. The zero-order chi connectivity index (χ0) is 7.23. The van der Waals surface area contributed by atoms with Crippen LogP contribution in [0.2, 0.25) is 0 Å². The van der Waals surface area contributed by atoms with E-state index in [4.69, 9.17) is 10.1 Å². The number of nitrogens with one attached hydrogen (secondary N) is 2. The monoisotopic (exact) mass is 141 g/mol. The number of aliphatic imine (C=N–C) groups is 1. The molecule has 4 nitrogen and oxygen atoms in total. The molecule has 1 saturated heterocycles. The highest BCUT2D eigenvalue weighted by atomic mass is 16.5. The van der Waals surface area contributed by atoms with Crippen molar-refractivity contribution in [2.45, 2.75) is 6.10 Å². The summed E-state index contributed by atoms with van der Waals surface area (Å²) in [6.45, 7) is 3.06. The molecule has 1 atom stereocenters. The van der Waals surface area contributed by atoms with Crippen molar-refractivity contribution in [1.82, 2.24) is 5.32 Å². The first kappa shape index (κ1) is 7.41. The molecule has 0 bridgehead atoms. The van der Waals surface area contributed by atoms with Crippen molar-refractivity contribution in [3.63, 3.8) is 0 Å². The summed E-state index contributed by atoms with van der Waals surface area (Å²) < 4.78 is 5.30. The van der Waals surface area contributed by atoms with Gasteiger partial charge in [0, 0.05) is 13.1 Å². The van der Waals surface area contributed by atoms with E-state index in [0.29, 0.717) is 6.54 Å². The highest BCUT2D eigenvalue weighted by Crippen LogP contribution is 1.94. The van der Waals surface area contributed by atoms with Crippen molar-refractivity contribution >= 4 is 6.01 Å². The van der Waals surface area contributed by atoms with Crippen LogP contribution in [0.5, 0.6) is 0 Å². The molecule has 1 aliphatic rings. The van der Waals surface area contributed by atoms with Gasteiger partial charge in [0.25, 0.3) is 0 Å². The minimum atomic E-state index is 0.145. The summed E-state index contributed by atoms with van der Waals surface area (Å²) in [7, 11) is 0. The molecule has 1 unspecified atom stereocenters. The Hall–Kier alpha value is -0.700. The van der Waals surface area contributed by atoms with E-state index in [-0.39, 0.29) is 6.10 Å². The SMILES string of the molecule is N=C=NCC1CNCCO1. The fourth-order valence-corrected chi connectivity index (χ4v) is 0.884. The molecule has 1 fully saturated rings. The standard InChI is InChI=1S/C6H11N3O/c7-5-9-4-6-3-8-1-2-10-6/h6-8H,1-4H2. The van der Waals surface area contributed by atoms with Crippen LogP contribution < -0.4 is 5.32 Å². The van der Waals surface area contributed by atoms with Gasteiger partial charge in [0.15, 0.2) is 0 Å². The first-order valence-corrected chi connectivity index (χ1v) is 3.34. The van der Waals surface area contributed by atoms with Crippen LogP contribution in [0.4, 0.5) is 0 Å². The molecule has 0 saturated carbocycles. The molecule has 56 valence electrons. The van der Waals surface area contributed by atoms with E-state index in [1.165, 1.54) is 0 Å². The fourth-order valence-electron chi connectivity index (χ4n) is 0.884. The minimum absolute atomic E-state index is 0.145. The lowest BCUT2D eigenvalue weighted by Crippen LogP contribution is -2.40. The third-order valence-electron chi connectivity index (χ3n) is 1.38. The van der Waals surface area contributed by atoms with Crippen LogP contribution in [0.1, 0.15) is 0 Å². The molecule has 1 aliphatic heterocycles. The van der Waals surface area contributed by atoms with Crippen LogP contribution in [0, 0.1) is 5.41 Å². The molecule has 4 heteroatoms. The van der Waals surface area contributed by atoms with E-state index in [1.54, 1.807) is 0 Å². The van der Waals surface area contributed by atoms with Crippen molar-refractivity contribution in [2.75, 3.05) is 26.2 Å². The lowest BCUT2D eigenvalue weighted by molar-refractivity contribution is 0.0350. The molecule has 1 rings (SSSR count). The predicted molar refractivity (Wildman–Crippen MR) is 37.6 cm³/mol. The lowest BCUT2D eigenvalue weighted by atomic mass is 10.3. The first-order valence-electron chi connectivity index (χ1n) is 3.34. The maximum atomic E-state index is 6.53. The molecule has 0 amide bonds. The summed E-state index contributed by atoms with van der Waals surface area (Å²) >= 11 is 0. The van der Waals surface area contributed by atoms with Gasteiger partial charge in [-0.2, -0.15) is 0 Å². The average molecular weight is 141 g/mol. The second-order valence-corrected chi connectivity index (χ2v) is 2.15. The Morgan fingerprint density at radius 3 is 3.30 bits per heavy atom. The lowest BCUT2D eigenvalue weighted by Gasteiger charge is -2.21. The van der Waals surface area contributed by atoms with Gasteiger partial charge in [-0.3, -0.25) is 0 Å². The van der Waals surface area contributed by atoms with Crippen molar-refractivity contribution < 1.29 is 4.74 Å². The number of morpholine rings is 1. The Morgan fingerprint density at radius 2 is 2.70 bits per heavy atom. The van der Waals surface area contributed by atoms with Gasteiger partial charge < -0.3 is 10.1 Å². The molecule has 0 spiro atoms. The summed E-state index contributed by atoms with van der Waals surface area (Å²) in [6.07, 6.45) is 0.145. The van der Waals surface area contributed by atoms with Crippen LogP contribution in [-0.2, 0) is 4.74 Å². The predicted octanol–water partition coefficient (Wildman–Crippen LogP) is -0.273. The molecule has 2 N–H and O–H groups in total. The zero-order valence-electron chi connectivity index (χ0n) is 5.76. The summed E-state index contributed by atoms with van der Waals surface area (Å²) in [6, 6.07) is 1.98. The third-order valence-corrected chi connectivity index (χ3v) is 1.38. The topological polar surface area (TPSA) is 57.5 Å². The van der Waals surface area contributed by atoms with Crippen LogP contribution in [0.15, 0.2) is 4.99 Å². The molecule has 10 heavy (non-hydrogen) atoms. The average Bonchev–Trinajstić information content (AvgIpc) is 2.03. The second kappa shape index (κ2) is 4.17. The van der Waals surface area contributed by atoms with Gasteiger partial charge in [0.1, 0.15) is 0 Å². The van der Waals surface area contributed by atoms with Crippen molar-refractivity contribution in [3.8, 4) is 0 Å². The van der Waals surface area contributed by atoms with Crippen molar-refractivity contribution in [3.05, 3.63) is 0 Å². The van der Waals surface area contributed by atoms with Crippen LogP contribution in [-0.4, -0.2) is 38.4 Å². The van der Waals surface area contributed by atoms with E-state index in [2.05, 4.69) is 10.3 Å². The minimum Gasteiger partial charge on any atom is -0.374 e. The highest BCUT2D eigenvalue weighted by molar-refractivity contribution is 5.35. The summed E-state index contributed by atoms with van der Waals surface area (Å²) in [5.41, 5.74) is 0. The van der Waals surface area contributed by atoms with Crippen LogP contribution >= 0.6 is 0 Å². The molecule has 0 aromatic rings. The molecule has 0 aromatic heterocycles. The van der Waals surface area contributed by atoms with Crippen LogP contribution in [0.25, 0.3) is 0 Å². The Kier molecular flexibility index (Phi) is 3.09. The van der Waals surface area contributed by atoms with Gasteiger partial charge in [-0.05, 0) is 0 Å². The molecule has 0 aromatic carbocycles. The molecule has 1 heterocycles. The molecular weight excluding hydrogens is 130 g/mol. The molecule has 0 radical (unpaired) electrons. The van der Waals surface area contributed by atoms with E-state index in [9.17, 15) is 0 Å². The number of ether oxygens (including phenoxy) is 1. The van der Waals surface area contributed by atoms with Gasteiger partial charge in [-0.15, -0.1) is 0 Å². The normalized spacial score (nSPS) is 25.4. The van der Waals surface area contributed by atoms with Gasteiger partial charge >= 0.3 is 0 Å². The van der Waals surface area contributed by atoms with E-state index >= 15 is 0 Å². The summed E-state index contributed by atoms with van der Waals surface area (Å²) in [4.78, 5) is 3.65. The van der Waals surface area contributed by atoms with E-state index < -0.39 is 0 Å². The van der Waals surface area contributed by atoms with E-state index in [0.717, 1.165) is 19.7 Å². The van der Waals surface area contributed by atoms with Crippen LogP contribution in [0.3, 0.4) is 0 Å². The zero-order valence-corrected chi connectivity index (χ0v) is 5.76.